The van der Waals surface area contributed by atoms with E-state index in [9.17, 15) is 13.2 Å². The molecular weight excluding hydrogens is 217 g/mol. The molecule has 2 unspecified atom stereocenters. The Balaban J connectivity index is 2.48. The van der Waals surface area contributed by atoms with Gasteiger partial charge in [-0.05, 0) is 19.3 Å². The van der Waals surface area contributed by atoms with Gasteiger partial charge in [-0.1, -0.05) is 13.8 Å². The molecule has 1 aliphatic rings. The van der Waals surface area contributed by atoms with E-state index in [1.54, 1.807) is 0 Å². The van der Waals surface area contributed by atoms with Gasteiger partial charge in [-0.25, -0.2) is 0 Å². The van der Waals surface area contributed by atoms with E-state index in [0.29, 0.717) is 19.0 Å². The van der Waals surface area contributed by atoms with E-state index < -0.39 is 12.7 Å². The van der Waals surface area contributed by atoms with Crippen LogP contribution in [-0.2, 0) is 0 Å². The Bertz CT molecular complexity index is 216. The van der Waals surface area contributed by atoms with Crippen LogP contribution in [0.1, 0.15) is 27.2 Å². The van der Waals surface area contributed by atoms with Gasteiger partial charge in [-0.3, -0.25) is 4.90 Å². The summed E-state index contributed by atoms with van der Waals surface area (Å²) in [7, 11) is 0. The lowest BCUT2D eigenvalue weighted by Gasteiger charge is -2.39. The molecule has 2 atom stereocenters. The summed E-state index contributed by atoms with van der Waals surface area (Å²) in [6.45, 7) is 6.38. The van der Waals surface area contributed by atoms with Crippen LogP contribution in [0.3, 0.4) is 0 Å². The second kappa shape index (κ2) is 5.36. The molecule has 0 aliphatic carbocycles. The minimum Gasteiger partial charge on any atom is -0.311 e. The van der Waals surface area contributed by atoms with Crippen LogP contribution >= 0.6 is 0 Å². The van der Waals surface area contributed by atoms with Crippen molar-refractivity contribution in [1.29, 1.82) is 0 Å². The van der Waals surface area contributed by atoms with Gasteiger partial charge in [0.25, 0.3) is 0 Å². The summed E-state index contributed by atoms with van der Waals surface area (Å²) in [4.78, 5) is 1.53. The maximum atomic E-state index is 12.3. The predicted molar refractivity (Wildman–Crippen MR) is 58.3 cm³/mol. The highest BCUT2D eigenvalue weighted by Gasteiger charge is 2.35. The molecule has 0 spiro atoms. The first-order chi connectivity index (χ1) is 7.28. The molecule has 1 saturated heterocycles. The topological polar surface area (TPSA) is 15.3 Å². The zero-order valence-electron chi connectivity index (χ0n) is 10.1. The van der Waals surface area contributed by atoms with Gasteiger partial charge in [0.2, 0.25) is 0 Å². The average molecular weight is 238 g/mol. The fraction of sp³-hybridized carbons (Fsp3) is 1.00. The van der Waals surface area contributed by atoms with E-state index in [4.69, 9.17) is 0 Å². The molecule has 2 nitrogen and oxygen atoms in total. The van der Waals surface area contributed by atoms with Crippen molar-refractivity contribution in [2.75, 3.05) is 19.6 Å². The van der Waals surface area contributed by atoms with Crippen LogP contribution in [-0.4, -0.2) is 42.8 Å². The van der Waals surface area contributed by atoms with E-state index >= 15 is 0 Å². The molecule has 1 fully saturated rings. The zero-order chi connectivity index (χ0) is 12.3. The van der Waals surface area contributed by atoms with E-state index in [2.05, 4.69) is 19.2 Å². The quantitative estimate of drug-likeness (QED) is 0.811. The van der Waals surface area contributed by atoms with Gasteiger partial charge in [-0.15, -0.1) is 0 Å². The van der Waals surface area contributed by atoms with Crippen molar-refractivity contribution >= 4 is 0 Å². The summed E-state index contributed by atoms with van der Waals surface area (Å²) >= 11 is 0. The van der Waals surface area contributed by atoms with Crippen LogP contribution in [0.4, 0.5) is 13.2 Å². The third-order valence-corrected chi connectivity index (χ3v) is 2.92. The number of hydrogen-bond donors (Lipinski definition) is 1. The van der Waals surface area contributed by atoms with Gasteiger partial charge >= 0.3 is 6.18 Å². The first-order valence-electron chi connectivity index (χ1n) is 5.82. The molecule has 96 valence electrons. The van der Waals surface area contributed by atoms with Crippen molar-refractivity contribution in [2.24, 2.45) is 5.92 Å². The first-order valence-corrected chi connectivity index (χ1v) is 5.82. The lowest BCUT2D eigenvalue weighted by Crippen LogP contribution is -2.57. The molecule has 0 aromatic carbocycles. The standard InChI is InChI=1S/C11H21F3N2/c1-8(2)4-10-6-16(7-11(12,13)14)9(3)5-15-10/h8-10,15H,4-7H2,1-3H3. The van der Waals surface area contributed by atoms with Crippen LogP contribution in [0.15, 0.2) is 0 Å². The highest BCUT2D eigenvalue weighted by atomic mass is 19.4. The SMILES string of the molecule is CC(C)CC1CN(CC(F)(F)F)C(C)CN1. The molecule has 0 amide bonds. The van der Waals surface area contributed by atoms with Gasteiger partial charge in [0, 0.05) is 25.2 Å². The van der Waals surface area contributed by atoms with Crippen molar-refractivity contribution in [2.45, 2.75) is 45.5 Å². The molecule has 5 heteroatoms. The molecule has 0 radical (unpaired) electrons. The van der Waals surface area contributed by atoms with Crippen LogP contribution in [0.5, 0.6) is 0 Å². The summed E-state index contributed by atoms with van der Waals surface area (Å²) in [5, 5.41) is 3.31. The van der Waals surface area contributed by atoms with Crippen LogP contribution in [0.2, 0.25) is 0 Å². The number of piperazine rings is 1. The second-order valence-corrected chi connectivity index (χ2v) is 5.13. The van der Waals surface area contributed by atoms with Crippen LogP contribution in [0, 0.1) is 5.92 Å². The highest BCUT2D eigenvalue weighted by molar-refractivity contribution is 4.85. The molecule has 0 aromatic rings. The average Bonchev–Trinajstić information content (AvgIpc) is 2.07. The van der Waals surface area contributed by atoms with Crippen LogP contribution < -0.4 is 5.32 Å². The number of halogens is 3. The third kappa shape index (κ3) is 4.70. The van der Waals surface area contributed by atoms with Gasteiger partial charge in [0.1, 0.15) is 0 Å². The molecular formula is C11H21F3N2. The summed E-state index contributed by atoms with van der Waals surface area (Å²) in [6, 6.07) is 0.156. The second-order valence-electron chi connectivity index (χ2n) is 5.13. The number of rotatable bonds is 3. The number of nitrogens with zero attached hydrogens (tertiary/aromatic N) is 1. The molecule has 1 heterocycles. The first kappa shape index (κ1) is 13.8. The maximum absolute atomic E-state index is 12.3. The number of hydrogen-bond acceptors (Lipinski definition) is 2. The number of nitrogens with one attached hydrogen (secondary N) is 1. The number of alkyl halides is 3. The molecule has 0 bridgehead atoms. The van der Waals surface area contributed by atoms with E-state index in [-0.39, 0.29) is 12.1 Å². The lowest BCUT2D eigenvalue weighted by atomic mass is 10.00. The van der Waals surface area contributed by atoms with Crippen molar-refractivity contribution in [3.63, 3.8) is 0 Å². The fourth-order valence-electron chi connectivity index (χ4n) is 2.17. The minimum absolute atomic E-state index is 0.0370. The Morgan fingerprint density at radius 3 is 2.50 bits per heavy atom. The molecule has 1 rings (SSSR count). The van der Waals surface area contributed by atoms with E-state index in [1.807, 2.05) is 6.92 Å². The molecule has 1 N–H and O–H groups in total. The van der Waals surface area contributed by atoms with E-state index in [1.165, 1.54) is 4.90 Å². The summed E-state index contributed by atoms with van der Waals surface area (Å²) in [5.41, 5.74) is 0. The van der Waals surface area contributed by atoms with E-state index in [0.717, 1.165) is 6.42 Å². The zero-order valence-corrected chi connectivity index (χ0v) is 10.1. The van der Waals surface area contributed by atoms with Crippen molar-refractivity contribution in [3.8, 4) is 0 Å². The molecule has 1 aliphatic heterocycles. The third-order valence-electron chi connectivity index (χ3n) is 2.92. The largest absolute Gasteiger partial charge is 0.401 e. The van der Waals surface area contributed by atoms with Gasteiger partial charge in [0.05, 0.1) is 6.54 Å². The monoisotopic (exact) mass is 238 g/mol. The van der Waals surface area contributed by atoms with Crippen LogP contribution in [0.25, 0.3) is 0 Å². The Hall–Kier alpha value is -0.290. The summed E-state index contributed by atoms with van der Waals surface area (Å²) < 4.78 is 37.0. The van der Waals surface area contributed by atoms with Gasteiger partial charge in [0.15, 0.2) is 0 Å². The summed E-state index contributed by atoms with van der Waals surface area (Å²) in [5.74, 6) is 0.513. The van der Waals surface area contributed by atoms with Gasteiger partial charge < -0.3 is 5.32 Å². The van der Waals surface area contributed by atoms with Crippen molar-refractivity contribution < 1.29 is 13.2 Å². The molecule has 0 aromatic heterocycles. The summed E-state index contributed by atoms with van der Waals surface area (Å²) in [6.07, 6.45) is -3.16. The predicted octanol–water partition coefficient (Wildman–Crippen LogP) is 2.26. The Kier molecular flexibility index (Phi) is 4.62. The minimum atomic E-state index is -4.09. The molecule has 16 heavy (non-hydrogen) atoms. The maximum Gasteiger partial charge on any atom is 0.401 e. The van der Waals surface area contributed by atoms with Crippen molar-refractivity contribution in [1.82, 2.24) is 10.2 Å². The Labute approximate surface area is 95.2 Å². The fourth-order valence-corrected chi connectivity index (χ4v) is 2.17. The normalized spacial score (nSPS) is 28.7. The Morgan fingerprint density at radius 2 is 2.00 bits per heavy atom. The smallest absolute Gasteiger partial charge is 0.311 e. The van der Waals surface area contributed by atoms with Crippen molar-refractivity contribution in [3.05, 3.63) is 0 Å². The van der Waals surface area contributed by atoms with Gasteiger partial charge in [-0.2, -0.15) is 13.2 Å². The highest BCUT2D eigenvalue weighted by Crippen LogP contribution is 2.20. The lowest BCUT2D eigenvalue weighted by molar-refractivity contribution is -0.153. The Morgan fingerprint density at radius 1 is 1.38 bits per heavy atom. The molecule has 0 saturated carbocycles.